The van der Waals surface area contributed by atoms with Crippen LogP contribution in [0.4, 0.5) is 5.69 Å². The van der Waals surface area contributed by atoms with Gasteiger partial charge in [0.15, 0.2) is 0 Å². The van der Waals surface area contributed by atoms with Crippen LogP contribution in [0.15, 0.2) is 24.3 Å². The van der Waals surface area contributed by atoms with Crippen LogP contribution in [0.25, 0.3) is 0 Å². The number of hydrogen-bond acceptors (Lipinski definition) is 3. The van der Waals surface area contributed by atoms with Crippen LogP contribution in [0.1, 0.15) is 24.8 Å². The van der Waals surface area contributed by atoms with Gasteiger partial charge >= 0.3 is 0 Å². The average molecular weight is 348 g/mol. The van der Waals surface area contributed by atoms with Gasteiger partial charge in [0, 0.05) is 25.2 Å². The van der Waals surface area contributed by atoms with Gasteiger partial charge in [-0.25, -0.2) is 0 Å². The number of benzene rings is 1. The van der Waals surface area contributed by atoms with Crippen LogP contribution in [0.5, 0.6) is 0 Å². The van der Waals surface area contributed by atoms with Crippen molar-refractivity contribution in [2.75, 3.05) is 38.5 Å². The lowest BCUT2D eigenvalue weighted by Gasteiger charge is -2.14. The maximum Gasteiger partial charge on any atom is 0.225 e. The number of nitrogens with one attached hydrogen (secondary N) is 2. The molecule has 0 saturated carbocycles. The minimum atomic E-state index is 0. The predicted octanol–water partition coefficient (Wildman–Crippen LogP) is 2.72. The van der Waals surface area contributed by atoms with E-state index in [1.165, 1.54) is 31.5 Å². The van der Waals surface area contributed by atoms with Crippen LogP contribution < -0.4 is 10.6 Å². The second-order valence-corrected chi connectivity index (χ2v) is 5.40. The minimum absolute atomic E-state index is 0. The lowest BCUT2D eigenvalue weighted by Crippen LogP contribution is -2.22. The molecule has 2 rings (SSSR count). The molecule has 0 aromatic heterocycles. The molecule has 126 valence electrons. The Kier molecular flexibility index (Phi) is 11.3. The summed E-state index contributed by atoms with van der Waals surface area (Å²) < 4.78 is 0. The molecule has 22 heavy (non-hydrogen) atoms. The topological polar surface area (TPSA) is 44.4 Å². The first kappa shape index (κ1) is 21.2. The smallest absolute Gasteiger partial charge is 0.225 e. The SMILES string of the molecule is CNCCC(=O)Nc1ccc(CCN2CCCC2)cc1.Cl.Cl. The van der Waals surface area contributed by atoms with E-state index in [4.69, 9.17) is 0 Å². The third-order valence-electron chi connectivity index (χ3n) is 3.76. The zero-order valence-electron chi connectivity index (χ0n) is 13.1. The molecule has 1 heterocycles. The van der Waals surface area contributed by atoms with Crippen LogP contribution in [-0.4, -0.2) is 44.0 Å². The third-order valence-corrected chi connectivity index (χ3v) is 3.76. The van der Waals surface area contributed by atoms with Gasteiger partial charge in [0.25, 0.3) is 0 Å². The molecule has 2 N–H and O–H groups in total. The molecule has 0 spiro atoms. The standard InChI is InChI=1S/C16H25N3O.2ClH/c1-17-10-8-16(20)18-15-6-4-14(5-7-15)9-13-19-11-2-3-12-19;;/h4-7,17H,2-3,8-13H2,1H3,(H,18,20);2*1H. The molecule has 1 amide bonds. The maximum absolute atomic E-state index is 11.6. The van der Waals surface area contributed by atoms with Gasteiger partial charge in [0.2, 0.25) is 5.91 Å². The molecule has 0 bridgehead atoms. The van der Waals surface area contributed by atoms with Crippen molar-refractivity contribution < 1.29 is 4.79 Å². The average Bonchev–Trinajstić information content (AvgIpc) is 2.98. The Morgan fingerprint density at radius 3 is 2.36 bits per heavy atom. The van der Waals surface area contributed by atoms with Crippen LogP contribution in [0.3, 0.4) is 0 Å². The van der Waals surface area contributed by atoms with Crippen molar-refractivity contribution in [2.24, 2.45) is 0 Å². The second-order valence-electron chi connectivity index (χ2n) is 5.40. The molecule has 1 aromatic carbocycles. The molecule has 1 aliphatic rings. The molecule has 1 fully saturated rings. The molecule has 1 aliphatic heterocycles. The molecule has 1 aromatic rings. The van der Waals surface area contributed by atoms with Gasteiger partial charge < -0.3 is 15.5 Å². The number of rotatable bonds is 7. The Balaban J connectivity index is 0.00000220. The maximum atomic E-state index is 11.6. The number of nitrogens with zero attached hydrogens (tertiary/aromatic N) is 1. The number of anilines is 1. The summed E-state index contributed by atoms with van der Waals surface area (Å²) in [5.41, 5.74) is 2.22. The minimum Gasteiger partial charge on any atom is -0.326 e. The van der Waals surface area contributed by atoms with E-state index in [-0.39, 0.29) is 30.7 Å². The molecule has 0 aliphatic carbocycles. The van der Waals surface area contributed by atoms with E-state index in [0.29, 0.717) is 13.0 Å². The first-order valence-electron chi connectivity index (χ1n) is 7.53. The summed E-state index contributed by atoms with van der Waals surface area (Å²) >= 11 is 0. The first-order chi connectivity index (χ1) is 9.78. The second kappa shape index (κ2) is 11.7. The summed E-state index contributed by atoms with van der Waals surface area (Å²) in [6.45, 7) is 4.35. The van der Waals surface area contributed by atoms with Gasteiger partial charge in [-0.3, -0.25) is 4.79 Å². The van der Waals surface area contributed by atoms with Crippen molar-refractivity contribution in [3.05, 3.63) is 29.8 Å². The molecule has 0 unspecified atom stereocenters. The largest absolute Gasteiger partial charge is 0.326 e. The van der Waals surface area contributed by atoms with E-state index in [1.54, 1.807) is 0 Å². The van der Waals surface area contributed by atoms with E-state index < -0.39 is 0 Å². The van der Waals surface area contributed by atoms with Crippen molar-refractivity contribution in [3.63, 3.8) is 0 Å². The lowest BCUT2D eigenvalue weighted by atomic mass is 10.1. The quantitative estimate of drug-likeness (QED) is 0.796. The Hall–Kier alpha value is -0.810. The number of amides is 1. The van der Waals surface area contributed by atoms with Crippen LogP contribution in [-0.2, 0) is 11.2 Å². The van der Waals surface area contributed by atoms with Crippen molar-refractivity contribution >= 4 is 36.4 Å². The molecular formula is C16H27Cl2N3O. The molecular weight excluding hydrogens is 321 g/mol. The molecule has 1 saturated heterocycles. The van der Waals surface area contributed by atoms with Crippen molar-refractivity contribution in [3.8, 4) is 0 Å². The summed E-state index contributed by atoms with van der Waals surface area (Å²) in [5.74, 6) is 0.0594. The molecule has 0 atom stereocenters. The lowest BCUT2D eigenvalue weighted by molar-refractivity contribution is -0.116. The van der Waals surface area contributed by atoms with Gasteiger partial charge in [-0.1, -0.05) is 12.1 Å². The summed E-state index contributed by atoms with van der Waals surface area (Å²) in [6.07, 6.45) is 4.29. The van der Waals surface area contributed by atoms with Gasteiger partial charge in [-0.05, 0) is 57.1 Å². The Bertz CT molecular complexity index is 420. The third kappa shape index (κ3) is 7.45. The zero-order valence-corrected chi connectivity index (χ0v) is 14.8. The van der Waals surface area contributed by atoms with E-state index in [1.807, 2.05) is 19.2 Å². The normalized spacial score (nSPS) is 14.0. The molecule has 6 heteroatoms. The number of carbonyl (C=O) groups is 1. The fraction of sp³-hybridized carbons (Fsp3) is 0.562. The predicted molar refractivity (Wildman–Crippen MR) is 97.5 cm³/mol. The molecule has 4 nitrogen and oxygen atoms in total. The van der Waals surface area contributed by atoms with E-state index >= 15 is 0 Å². The Labute approximate surface area is 145 Å². The first-order valence-corrected chi connectivity index (χ1v) is 7.53. The molecule has 0 radical (unpaired) electrons. The van der Waals surface area contributed by atoms with Gasteiger partial charge in [0.05, 0.1) is 0 Å². The van der Waals surface area contributed by atoms with Gasteiger partial charge in [-0.15, -0.1) is 24.8 Å². The zero-order chi connectivity index (χ0) is 14.2. The van der Waals surface area contributed by atoms with Crippen molar-refractivity contribution in [2.45, 2.75) is 25.7 Å². The van der Waals surface area contributed by atoms with Crippen molar-refractivity contribution in [1.82, 2.24) is 10.2 Å². The van der Waals surface area contributed by atoms with Gasteiger partial charge in [-0.2, -0.15) is 0 Å². The summed E-state index contributed by atoms with van der Waals surface area (Å²) in [5, 5.41) is 5.88. The number of hydrogen-bond donors (Lipinski definition) is 2. The summed E-state index contributed by atoms with van der Waals surface area (Å²) in [4.78, 5) is 14.1. The monoisotopic (exact) mass is 347 g/mol. The number of halogens is 2. The highest BCUT2D eigenvalue weighted by Crippen LogP contribution is 2.12. The van der Waals surface area contributed by atoms with Crippen molar-refractivity contribution in [1.29, 1.82) is 0 Å². The number of likely N-dealkylation sites (tertiary alicyclic amines) is 1. The number of carbonyl (C=O) groups excluding carboxylic acids is 1. The summed E-state index contributed by atoms with van der Waals surface area (Å²) in [6, 6.07) is 8.22. The highest BCUT2D eigenvalue weighted by molar-refractivity contribution is 5.90. The van der Waals surface area contributed by atoms with E-state index in [2.05, 4.69) is 27.7 Å². The summed E-state index contributed by atoms with van der Waals surface area (Å²) in [7, 11) is 1.85. The van der Waals surface area contributed by atoms with Crippen LogP contribution in [0.2, 0.25) is 0 Å². The highest BCUT2D eigenvalue weighted by atomic mass is 35.5. The Morgan fingerprint density at radius 2 is 1.77 bits per heavy atom. The fourth-order valence-electron chi connectivity index (χ4n) is 2.51. The highest BCUT2D eigenvalue weighted by Gasteiger charge is 2.10. The van der Waals surface area contributed by atoms with Crippen LogP contribution >= 0.6 is 24.8 Å². The fourth-order valence-corrected chi connectivity index (χ4v) is 2.51. The van der Waals surface area contributed by atoms with E-state index in [0.717, 1.165) is 18.7 Å². The van der Waals surface area contributed by atoms with Crippen LogP contribution in [0, 0.1) is 0 Å². The van der Waals surface area contributed by atoms with E-state index in [9.17, 15) is 4.79 Å². The van der Waals surface area contributed by atoms with Gasteiger partial charge in [0.1, 0.15) is 0 Å². The Morgan fingerprint density at radius 1 is 1.14 bits per heavy atom.